The topological polar surface area (TPSA) is 20.2 Å². The molecule has 68 valence electrons. The predicted octanol–water partition coefficient (Wildman–Crippen LogP) is 2.59. The lowest BCUT2D eigenvalue weighted by Gasteiger charge is -2.22. The van der Waals surface area contributed by atoms with Gasteiger partial charge in [0.05, 0.1) is 10.7 Å². The Morgan fingerprint density at radius 3 is 2.18 bits per heavy atom. The van der Waals surface area contributed by atoms with E-state index >= 15 is 0 Å². The van der Waals surface area contributed by atoms with Crippen LogP contribution in [0.15, 0.2) is 0 Å². The molecular weight excluding hydrogens is 176 g/mol. The fourth-order valence-electron chi connectivity index (χ4n) is 0.681. The molecule has 0 aromatic carbocycles. The highest BCUT2D eigenvalue weighted by molar-refractivity contribution is 8.18. The lowest BCUT2D eigenvalue weighted by atomic mass is 10.5. The van der Waals surface area contributed by atoms with Crippen LogP contribution < -0.4 is 0 Å². The van der Waals surface area contributed by atoms with Crippen LogP contribution in [-0.4, -0.2) is 27.3 Å². The summed E-state index contributed by atoms with van der Waals surface area (Å²) in [5.74, 6) is 2.06. The average Bonchev–Trinajstić information content (AvgIpc) is 1.97. The van der Waals surface area contributed by atoms with Gasteiger partial charge in [-0.15, -0.1) is 23.5 Å². The molecule has 0 heterocycles. The van der Waals surface area contributed by atoms with Gasteiger partial charge in [-0.05, 0) is 26.0 Å². The SMILES string of the molecule is CCCSC(C)(C)SCCO. The summed E-state index contributed by atoms with van der Waals surface area (Å²) in [6.45, 7) is 6.92. The molecule has 0 spiro atoms. The highest BCUT2D eigenvalue weighted by atomic mass is 32.2. The molecule has 11 heavy (non-hydrogen) atoms. The first-order valence-corrected chi connectivity index (χ1v) is 5.98. The molecular formula is C8H18OS2. The molecule has 0 aromatic heterocycles. The van der Waals surface area contributed by atoms with Crippen molar-refractivity contribution in [2.24, 2.45) is 0 Å². The standard InChI is InChI=1S/C8H18OS2/c1-4-6-10-8(2,3)11-7-5-9/h9H,4-7H2,1-3H3. The Morgan fingerprint density at radius 2 is 1.73 bits per heavy atom. The lowest BCUT2D eigenvalue weighted by molar-refractivity contribution is 0.322. The normalized spacial score (nSPS) is 12.0. The van der Waals surface area contributed by atoms with Crippen molar-refractivity contribution in [3.05, 3.63) is 0 Å². The van der Waals surface area contributed by atoms with Crippen LogP contribution >= 0.6 is 23.5 Å². The van der Waals surface area contributed by atoms with Crippen molar-refractivity contribution < 1.29 is 5.11 Å². The van der Waals surface area contributed by atoms with E-state index in [-0.39, 0.29) is 4.08 Å². The summed E-state index contributed by atoms with van der Waals surface area (Å²) in [6.07, 6.45) is 1.23. The average molecular weight is 194 g/mol. The summed E-state index contributed by atoms with van der Waals surface area (Å²) >= 11 is 3.80. The largest absolute Gasteiger partial charge is 0.396 e. The second kappa shape index (κ2) is 6.21. The minimum Gasteiger partial charge on any atom is -0.396 e. The van der Waals surface area contributed by atoms with Crippen molar-refractivity contribution in [2.45, 2.75) is 31.3 Å². The molecule has 0 aliphatic rings. The zero-order valence-electron chi connectivity index (χ0n) is 7.59. The molecule has 0 amide bonds. The van der Waals surface area contributed by atoms with Crippen molar-refractivity contribution >= 4 is 23.5 Å². The lowest BCUT2D eigenvalue weighted by Crippen LogP contribution is -2.11. The maximum Gasteiger partial charge on any atom is 0.0555 e. The van der Waals surface area contributed by atoms with Crippen molar-refractivity contribution in [1.29, 1.82) is 0 Å². The fraction of sp³-hybridized carbons (Fsp3) is 1.00. The van der Waals surface area contributed by atoms with Crippen LogP contribution in [0.4, 0.5) is 0 Å². The third kappa shape index (κ3) is 7.04. The minimum absolute atomic E-state index is 0.277. The third-order valence-corrected chi connectivity index (χ3v) is 4.29. The van der Waals surface area contributed by atoms with Gasteiger partial charge in [0, 0.05) is 5.75 Å². The Balaban J connectivity index is 3.43. The zero-order chi connectivity index (χ0) is 8.74. The highest BCUT2D eigenvalue weighted by Gasteiger charge is 2.17. The summed E-state index contributed by atoms with van der Waals surface area (Å²) in [5, 5.41) is 8.62. The van der Waals surface area contributed by atoms with E-state index in [1.807, 2.05) is 23.5 Å². The van der Waals surface area contributed by atoms with E-state index in [0.29, 0.717) is 6.61 Å². The van der Waals surface area contributed by atoms with Crippen molar-refractivity contribution in [3.63, 3.8) is 0 Å². The van der Waals surface area contributed by atoms with Gasteiger partial charge in [0.15, 0.2) is 0 Å². The van der Waals surface area contributed by atoms with Gasteiger partial charge in [-0.2, -0.15) is 0 Å². The van der Waals surface area contributed by atoms with Crippen molar-refractivity contribution in [3.8, 4) is 0 Å². The van der Waals surface area contributed by atoms with Gasteiger partial charge in [-0.25, -0.2) is 0 Å². The first-order valence-electron chi connectivity index (χ1n) is 4.01. The molecule has 0 aromatic rings. The van der Waals surface area contributed by atoms with Crippen LogP contribution in [0.1, 0.15) is 27.2 Å². The summed E-state index contributed by atoms with van der Waals surface area (Å²) in [5.41, 5.74) is 0. The summed E-state index contributed by atoms with van der Waals surface area (Å²) in [4.78, 5) is 0. The van der Waals surface area contributed by atoms with Crippen LogP contribution in [0.2, 0.25) is 0 Å². The number of thioether (sulfide) groups is 2. The Kier molecular flexibility index (Phi) is 6.58. The Bertz CT molecular complexity index is 84.1. The Hall–Kier alpha value is 0.660. The summed E-state index contributed by atoms with van der Waals surface area (Å²) in [7, 11) is 0. The van der Waals surface area contributed by atoms with Gasteiger partial charge in [0.25, 0.3) is 0 Å². The van der Waals surface area contributed by atoms with Crippen LogP contribution in [-0.2, 0) is 0 Å². The maximum absolute atomic E-state index is 8.62. The fourth-order valence-corrected chi connectivity index (χ4v) is 2.79. The molecule has 0 fully saturated rings. The first-order chi connectivity index (χ1) is 5.12. The summed E-state index contributed by atoms with van der Waals surface area (Å²) in [6, 6.07) is 0. The van der Waals surface area contributed by atoms with E-state index in [0.717, 1.165) is 5.75 Å². The molecule has 0 unspecified atom stereocenters. The van der Waals surface area contributed by atoms with Gasteiger partial charge >= 0.3 is 0 Å². The van der Waals surface area contributed by atoms with Crippen LogP contribution in [0.3, 0.4) is 0 Å². The molecule has 0 saturated heterocycles. The quantitative estimate of drug-likeness (QED) is 0.656. The van der Waals surface area contributed by atoms with Gasteiger partial charge in [-0.3, -0.25) is 0 Å². The van der Waals surface area contributed by atoms with Gasteiger partial charge in [-0.1, -0.05) is 6.92 Å². The Labute approximate surface area is 78.3 Å². The molecule has 1 nitrogen and oxygen atoms in total. The molecule has 0 aliphatic heterocycles. The van der Waals surface area contributed by atoms with E-state index in [4.69, 9.17) is 5.11 Å². The minimum atomic E-state index is 0.277. The smallest absolute Gasteiger partial charge is 0.0555 e. The van der Waals surface area contributed by atoms with Crippen molar-refractivity contribution in [1.82, 2.24) is 0 Å². The number of hydrogen-bond acceptors (Lipinski definition) is 3. The van der Waals surface area contributed by atoms with Gasteiger partial charge in [0.1, 0.15) is 0 Å². The zero-order valence-corrected chi connectivity index (χ0v) is 9.23. The Morgan fingerprint density at radius 1 is 1.18 bits per heavy atom. The maximum atomic E-state index is 8.62. The molecule has 0 saturated carbocycles. The second-order valence-corrected chi connectivity index (χ2v) is 6.51. The van der Waals surface area contributed by atoms with Crippen LogP contribution in [0.5, 0.6) is 0 Å². The molecule has 0 atom stereocenters. The first kappa shape index (κ1) is 11.7. The molecule has 0 bridgehead atoms. The van der Waals surface area contributed by atoms with Crippen LogP contribution in [0.25, 0.3) is 0 Å². The number of rotatable bonds is 6. The molecule has 1 N–H and O–H groups in total. The summed E-state index contributed by atoms with van der Waals surface area (Å²) < 4.78 is 0.277. The van der Waals surface area contributed by atoms with E-state index in [9.17, 15) is 0 Å². The van der Waals surface area contributed by atoms with E-state index < -0.39 is 0 Å². The number of aliphatic hydroxyl groups is 1. The van der Waals surface area contributed by atoms with E-state index in [1.54, 1.807) is 0 Å². The third-order valence-electron chi connectivity index (χ3n) is 1.19. The molecule has 0 radical (unpaired) electrons. The molecule has 0 aliphatic carbocycles. The van der Waals surface area contributed by atoms with E-state index in [2.05, 4.69) is 20.8 Å². The van der Waals surface area contributed by atoms with E-state index in [1.165, 1.54) is 12.2 Å². The van der Waals surface area contributed by atoms with Gasteiger partial charge in [0.2, 0.25) is 0 Å². The molecule has 3 heteroatoms. The van der Waals surface area contributed by atoms with Crippen molar-refractivity contribution in [2.75, 3.05) is 18.1 Å². The van der Waals surface area contributed by atoms with Gasteiger partial charge < -0.3 is 5.11 Å². The monoisotopic (exact) mass is 194 g/mol. The number of hydrogen-bond donors (Lipinski definition) is 1. The number of aliphatic hydroxyl groups excluding tert-OH is 1. The molecule has 0 rings (SSSR count). The highest BCUT2D eigenvalue weighted by Crippen LogP contribution is 2.36. The predicted molar refractivity (Wildman–Crippen MR) is 56.4 cm³/mol. The second-order valence-electron chi connectivity index (χ2n) is 2.82. The van der Waals surface area contributed by atoms with Crippen LogP contribution in [0, 0.1) is 0 Å².